The maximum Gasteiger partial charge on any atom is 0.210 e. The highest BCUT2D eigenvalue weighted by atomic mass is 28.3. The van der Waals surface area contributed by atoms with Crippen LogP contribution in [0.15, 0.2) is 24.3 Å². The van der Waals surface area contributed by atoms with Crippen molar-refractivity contribution in [2.75, 3.05) is 7.11 Å². The van der Waals surface area contributed by atoms with Gasteiger partial charge in [0.15, 0.2) is 0 Å². The van der Waals surface area contributed by atoms with Gasteiger partial charge in [0.1, 0.15) is 5.82 Å². The summed E-state index contributed by atoms with van der Waals surface area (Å²) < 4.78 is 18.2. The Kier molecular flexibility index (Phi) is 3.54. The Balaban J connectivity index is 1.98. The minimum absolute atomic E-state index is 0.142. The van der Waals surface area contributed by atoms with Gasteiger partial charge >= 0.3 is 0 Å². The zero-order valence-corrected chi connectivity index (χ0v) is 10.0. The Bertz CT molecular complexity index is 304. The standard InChI is InChI=1S/C12H16FOSi/c1-14-15-8-6-11(7-9-15)10-2-4-12(13)5-3-10/h2-5,11H,6-9H2,1H3. The molecule has 0 spiro atoms. The van der Waals surface area contributed by atoms with Crippen molar-refractivity contribution in [2.45, 2.75) is 30.8 Å². The highest BCUT2D eigenvalue weighted by Gasteiger charge is 2.23. The molecular formula is C12H16FOSi. The summed E-state index contributed by atoms with van der Waals surface area (Å²) in [6.07, 6.45) is 2.40. The van der Waals surface area contributed by atoms with Gasteiger partial charge in [-0.2, -0.15) is 0 Å². The average molecular weight is 223 g/mol. The summed E-state index contributed by atoms with van der Waals surface area (Å²) in [6.45, 7) is 0. The fourth-order valence-corrected chi connectivity index (χ4v) is 4.21. The van der Waals surface area contributed by atoms with Gasteiger partial charge in [0, 0.05) is 7.11 Å². The second-order valence-corrected chi connectivity index (χ2v) is 6.55. The van der Waals surface area contributed by atoms with Crippen molar-refractivity contribution in [3.8, 4) is 0 Å². The fourth-order valence-electron chi connectivity index (χ4n) is 2.21. The average Bonchev–Trinajstić information content (AvgIpc) is 2.30. The molecule has 1 aromatic carbocycles. The topological polar surface area (TPSA) is 9.23 Å². The lowest BCUT2D eigenvalue weighted by Gasteiger charge is -2.26. The van der Waals surface area contributed by atoms with E-state index in [1.165, 1.54) is 30.5 Å². The smallest absolute Gasteiger partial charge is 0.210 e. The first-order chi connectivity index (χ1) is 7.29. The van der Waals surface area contributed by atoms with Crippen LogP contribution in [0.5, 0.6) is 0 Å². The van der Waals surface area contributed by atoms with Crippen LogP contribution in [0, 0.1) is 5.82 Å². The molecule has 0 saturated carbocycles. The minimum atomic E-state index is -0.509. The molecule has 0 amide bonds. The molecule has 2 rings (SSSR count). The summed E-state index contributed by atoms with van der Waals surface area (Å²) in [6, 6.07) is 9.42. The van der Waals surface area contributed by atoms with Crippen LogP contribution in [-0.2, 0) is 4.43 Å². The summed E-state index contributed by atoms with van der Waals surface area (Å²) in [4.78, 5) is 0. The maximum atomic E-state index is 12.8. The number of halogens is 1. The molecule has 3 heteroatoms. The van der Waals surface area contributed by atoms with Crippen molar-refractivity contribution in [2.24, 2.45) is 0 Å². The Hall–Kier alpha value is -0.673. The van der Waals surface area contributed by atoms with Crippen LogP contribution in [0.3, 0.4) is 0 Å². The van der Waals surface area contributed by atoms with Gasteiger partial charge in [-0.3, -0.25) is 0 Å². The van der Waals surface area contributed by atoms with Gasteiger partial charge in [-0.25, -0.2) is 4.39 Å². The van der Waals surface area contributed by atoms with E-state index in [9.17, 15) is 4.39 Å². The predicted octanol–water partition coefficient (Wildman–Crippen LogP) is 3.34. The molecule has 15 heavy (non-hydrogen) atoms. The SMILES string of the molecule is CO[Si]1CCC(c2ccc(F)cc2)CC1. The third-order valence-corrected chi connectivity index (χ3v) is 5.44. The second kappa shape index (κ2) is 4.90. The molecule has 1 radical (unpaired) electrons. The third-order valence-electron chi connectivity index (χ3n) is 3.17. The van der Waals surface area contributed by atoms with E-state index in [0.29, 0.717) is 5.92 Å². The zero-order valence-electron chi connectivity index (χ0n) is 9.00. The molecule has 0 unspecified atom stereocenters. The normalized spacial score (nSPS) is 19.3. The van der Waals surface area contributed by atoms with Crippen LogP contribution in [0.1, 0.15) is 24.3 Å². The monoisotopic (exact) mass is 223 g/mol. The summed E-state index contributed by atoms with van der Waals surface area (Å²) in [5.41, 5.74) is 1.29. The fraction of sp³-hybridized carbons (Fsp3) is 0.500. The molecule has 1 aliphatic rings. The largest absolute Gasteiger partial charge is 0.420 e. The van der Waals surface area contributed by atoms with E-state index < -0.39 is 9.04 Å². The number of hydrogen-bond acceptors (Lipinski definition) is 1. The van der Waals surface area contributed by atoms with Gasteiger partial charge in [0.25, 0.3) is 0 Å². The summed E-state index contributed by atoms with van der Waals surface area (Å²) >= 11 is 0. The maximum absolute atomic E-state index is 12.8. The Morgan fingerprint density at radius 1 is 1.20 bits per heavy atom. The first-order valence-corrected chi connectivity index (χ1v) is 7.26. The molecule has 0 bridgehead atoms. The summed E-state index contributed by atoms with van der Waals surface area (Å²) in [5.74, 6) is 0.478. The Labute approximate surface area is 92.0 Å². The minimum Gasteiger partial charge on any atom is -0.420 e. The highest BCUT2D eigenvalue weighted by Crippen LogP contribution is 2.33. The van der Waals surface area contributed by atoms with Crippen molar-refractivity contribution >= 4 is 9.04 Å². The van der Waals surface area contributed by atoms with Crippen LogP contribution >= 0.6 is 0 Å². The molecule has 0 aliphatic carbocycles. The van der Waals surface area contributed by atoms with E-state index in [0.717, 1.165) is 0 Å². The van der Waals surface area contributed by atoms with Gasteiger partial charge in [-0.1, -0.05) is 12.1 Å². The summed E-state index contributed by atoms with van der Waals surface area (Å²) in [5, 5.41) is 0. The lowest BCUT2D eigenvalue weighted by atomic mass is 9.93. The van der Waals surface area contributed by atoms with Gasteiger partial charge < -0.3 is 4.43 Å². The third kappa shape index (κ3) is 2.67. The molecule has 1 aliphatic heterocycles. The van der Waals surface area contributed by atoms with Gasteiger partial charge in [0.05, 0.1) is 0 Å². The van der Waals surface area contributed by atoms with E-state index in [-0.39, 0.29) is 5.82 Å². The second-order valence-electron chi connectivity index (χ2n) is 4.07. The van der Waals surface area contributed by atoms with E-state index in [1.54, 1.807) is 12.1 Å². The summed E-state index contributed by atoms with van der Waals surface area (Å²) in [7, 11) is 1.32. The first kappa shape index (κ1) is 10.8. The molecule has 0 aromatic heterocycles. The lowest BCUT2D eigenvalue weighted by molar-refractivity contribution is 0.398. The van der Waals surface area contributed by atoms with E-state index in [1.807, 2.05) is 19.2 Å². The molecule has 1 heterocycles. The van der Waals surface area contributed by atoms with Crippen molar-refractivity contribution in [1.82, 2.24) is 0 Å². The quantitative estimate of drug-likeness (QED) is 0.699. The van der Waals surface area contributed by atoms with E-state index in [2.05, 4.69) is 0 Å². The Morgan fingerprint density at radius 3 is 2.33 bits per heavy atom. The van der Waals surface area contributed by atoms with Crippen LogP contribution in [0.2, 0.25) is 12.1 Å². The van der Waals surface area contributed by atoms with Crippen molar-refractivity contribution in [1.29, 1.82) is 0 Å². The molecule has 81 valence electrons. The van der Waals surface area contributed by atoms with Gasteiger partial charge in [0.2, 0.25) is 9.04 Å². The Morgan fingerprint density at radius 2 is 1.80 bits per heavy atom. The van der Waals surface area contributed by atoms with Crippen molar-refractivity contribution in [3.05, 3.63) is 35.6 Å². The van der Waals surface area contributed by atoms with Crippen molar-refractivity contribution in [3.63, 3.8) is 0 Å². The molecule has 1 saturated heterocycles. The zero-order chi connectivity index (χ0) is 10.7. The molecular weight excluding hydrogens is 207 g/mol. The van der Waals surface area contributed by atoms with Crippen molar-refractivity contribution < 1.29 is 8.82 Å². The predicted molar refractivity (Wildman–Crippen MR) is 60.8 cm³/mol. The molecule has 1 fully saturated rings. The molecule has 0 N–H and O–H groups in total. The van der Waals surface area contributed by atoms with Crippen LogP contribution in [0.25, 0.3) is 0 Å². The molecule has 1 nitrogen and oxygen atoms in total. The van der Waals surface area contributed by atoms with Gasteiger partial charge in [-0.05, 0) is 48.5 Å². The first-order valence-electron chi connectivity index (χ1n) is 5.44. The van der Waals surface area contributed by atoms with Crippen LogP contribution in [0.4, 0.5) is 4.39 Å². The van der Waals surface area contributed by atoms with Crippen LogP contribution in [-0.4, -0.2) is 16.2 Å². The number of benzene rings is 1. The molecule has 1 aromatic rings. The van der Waals surface area contributed by atoms with E-state index >= 15 is 0 Å². The highest BCUT2D eigenvalue weighted by molar-refractivity contribution is 6.52. The van der Waals surface area contributed by atoms with E-state index in [4.69, 9.17) is 4.43 Å². The molecule has 0 atom stereocenters. The lowest BCUT2D eigenvalue weighted by Crippen LogP contribution is -2.22. The van der Waals surface area contributed by atoms with Crippen LogP contribution < -0.4 is 0 Å². The number of hydrogen-bond donors (Lipinski definition) is 0. The van der Waals surface area contributed by atoms with Gasteiger partial charge in [-0.15, -0.1) is 0 Å². The number of rotatable bonds is 2.